The summed E-state index contributed by atoms with van der Waals surface area (Å²) in [7, 11) is 0. The monoisotopic (exact) mass is 336 g/mol. The van der Waals surface area contributed by atoms with E-state index in [1.54, 1.807) is 0 Å². The van der Waals surface area contributed by atoms with Crippen molar-refractivity contribution in [2.45, 2.75) is 43.6 Å². The first kappa shape index (κ1) is 16.7. The minimum Gasteiger partial charge on any atom is -0.381 e. The van der Waals surface area contributed by atoms with Crippen molar-refractivity contribution < 1.29 is 9.53 Å². The molecular weight excluding hydrogens is 312 g/mol. The summed E-state index contributed by atoms with van der Waals surface area (Å²) in [5.74, 6) is 0.0473. The number of hydrogen-bond donors (Lipinski definition) is 2. The maximum absolute atomic E-state index is 12.5. The number of benzene rings is 1. The van der Waals surface area contributed by atoms with Gasteiger partial charge in [0.05, 0.1) is 5.92 Å². The van der Waals surface area contributed by atoms with Gasteiger partial charge in [0.25, 0.3) is 0 Å². The van der Waals surface area contributed by atoms with Gasteiger partial charge in [-0.1, -0.05) is 36.2 Å². The fourth-order valence-corrected chi connectivity index (χ4v) is 4.23. The van der Waals surface area contributed by atoms with Gasteiger partial charge in [-0.15, -0.1) is 0 Å². The van der Waals surface area contributed by atoms with E-state index in [0.29, 0.717) is 19.8 Å². The van der Waals surface area contributed by atoms with E-state index in [2.05, 4.69) is 11.4 Å². The van der Waals surface area contributed by atoms with Crippen LogP contribution in [-0.4, -0.2) is 31.7 Å². The molecule has 2 aliphatic rings. The molecule has 126 valence electrons. The molecule has 1 aliphatic carbocycles. The molecule has 0 unspecified atom stereocenters. The zero-order valence-corrected chi connectivity index (χ0v) is 14.1. The molecular formula is C18H25ClN2O2. The molecule has 4 nitrogen and oxygen atoms in total. The van der Waals surface area contributed by atoms with Crippen LogP contribution < -0.4 is 11.1 Å². The standard InChI is InChI=1S/C18H25ClN2O2/c19-15-6-2-1-5-14(15)18(8-10-23-11-9-18)12-21-17(22)13-4-3-7-16(13)20/h1-2,5-6,13,16H,3-4,7-12,20H2,(H,21,22)/t13-,16+/m1/s1. The Morgan fingerprint density at radius 1 is 1.30 bits per heavy atom. The molecule has 1 aliphatic heterocycles. The third kappa shape index (κ3) is 3.54. The number of rotatable bonds is 4. The Labute approximate surface area is 142 Å². The van der Waals surface area contributed by atoms with E-state index in [-0.39, 0.29) is 23.3 Å². The highest BCUT2D eigenvalue weighted by Gasteiger charge is 2.38. The second kappa shape index (κ2) is 7.20. The van der Waals surface area contributed by atoms with Gasteiger partial charge in [-0.2, -0.15) is 0 Å². The Balaban J connectivity index is 1.75. The first-order valence-electron chi connectivity index (χ1n) is 8.48. The molecule has 1 saturated carbocycles. The highest BCUT2D eigenvalue weighted by molar-refractivity contribution is 6.31. The second-order valence-corrected chi connectivity index (χ2v) is 7.20. The third-order valence-corrected chi connectivity index (χ3v) is 5.73. The van der Waals surface area contributed by atoms with Crippen molar-refractivity contribution in [3.05, 3.63) is 34.9 Å². The van der Waals surface area contributed by atoms with Gasteiger partial charge in [0.15, 0.2) is 0 Å². The molecule has 0 spiro atoms. The number of carbonyl (C=O) groups excluding carboxylic acids is 1. The topological polar surface area (TPSA) is 64.4 Å². The number of nitrogens with one attached hydrogen (secondary N) is 1. The molecule has 1 aromatic rings. The summed E-state index contributed by atoms with van der Waals surface area (Å²) in [5, 5.41) is 3.92. The first-order valence-corrected chi connectivity index (χ1v) is 8.86. The lowest BCUT2D eigenvalue weighted by atomic mass is 9.74. The van der Waals surface area contributed by atoms with Crippen LogP contribution in [0.1, 0.15) is 37.7 Å². The molecule has 3 rings (SSSR count). The van der Waals surface area contributed by atoms with E-state index in [4.69, 9.17) is 22.1 Å². The molecule has 1 saturated heterocycles. The number of hydrogen-bond acceptors (Lipinski definition) is 3. The van der Waals surface area contributed by atoms with Crippen molar-refractivity contribution in [3.8, 4) is 0 Å². The summed E-state index contributed by atoms with van der Waals surface area (Å²) in [6.07, 6.45) is 4.63. The van der Waals surface area contributed by atoms with Gasteiger partial charge in [-0.25, -0.2) is 0 Å². The van der Waals surface area contributed by atoms with E-state index < -0.39 is 0 Å². The number of halogens is 1. The van der Waals surface area contributed by atoms with Crippen molar-refractivity contribution in [2.75, 3.05) is 19.8 Å². The first-order chi connectivity index (χ1) is 11.1. The van der Waals surface area contributed by atoms with Crippen LogP contribution in [0.25, 0.3) is 0 Å². The average Bonchev–Trinajstić information content (AvgIpc) is 3.00. The fourth-order valence-electron chi connectivity index (χ4n) is 3.90. The Morgan fingerprint density at radius 3 is 2.70 bits per heavy atom. The van der Waals surface area contributed by atoms with E-state index in [1.807, 2.05) is 18.2 Å². The summed E-state index contributed by atoms with van der Waals surface area (Å²) in [5.41, 5.74) is 7.02. The summed E-state index contributed by atoms with van der Waals surface area (Å²) in [6, 6.07) is 7.94. The van der Waals surface area contributed by atoms with Crippen LogP contribution in [0.5, 0.6) is 0 Å². The van der Waals surface area contributed by atoms with E-state index in [9.17, 15) is 4.79 Å². The third-order valence-electron chi connectivity index (χ3n) is 5.40. The zero-order chi connectivity index (χ0) is 16.3. The van der Waals surface area contributed by atoms with Crippen LogP contribution in [0.3, 0.4) is 0 Å². The van der Waals surface area contributed by atoms with Crippen molar-refractivity contribution in [1.29, 1.82) is 0 Å². The van der Waals surface area contributed by atoms with Crippen LogP contribution in [0, 0.1) is 5.92 Å². The van der Waals surface area contributed by atoms with Crippen LogP contribution in [0.4, 0.5) is 0 Å². The number of ether oxygens (including phenoxy) is 1. The predicted octanol–water partition coefficient (Wildman–Crippen LogP) is 2.63. The highest BCUT2D eigenvalue weighted by Crippen LogP contribution is 2.38. The van der Waals surface area contributed by atoms with Gasteiger partial charge in [-0.3, -0.25) is 4.79 Å². The van der Waals surface area contributed by atoms with Crippen LogP contribution >= 0.6 is 11.6 Å². The van der Waals surface area contributed by atoms with Crippen LogP contribution in [-0.2, 0) is 14.9 Å². The van der Waals surface area contributed by atoms with Gasteiger partial charge in [0, 0.05) is 36.2 Å². The molecule has 1 heterocycles. The van der Waals surface area contributed by atoms with E-state index in [1.165, 1.54) is 0 Å². The lowest BCUT2D eigenvalue weighted by Crippen LogP contribution is -2.47. The largest absolute Gasteiger partial charge is 0.381 e. The predicted molar refractivity (Wildman–Crippen MR) is 91.5 cm³/mol. The highest BCUT2D eigenvalue weighted by atomic mass is 35.5. The lowest BCUT2D eigenvalue weighted by molar-refractivity contribution is -0.125. The summed E-state index contributed by atoms with van der Waals surface area (Å²) >= 11 is 6.44. The van der Waals surface area contributed by atoms with Gasteiger partial charge in [0.2, 0.25) is 5.91 Å². The average molecular weight is 337 g/mol. The van der Waals surface area contributed by atoms with Gasteiger partial charge in [0.1, 0.15) is 0 Å². The number of nitrogens with two attached hydrogens (primary N) is 1. The number of carbonyl (C=O) groups is 1. The minimum atomic E-state index is -0.144. The molecule has 0 radical (unpaired) electrons. The molecule has 1 aromatic carbocycles. The summed E-state index contributed by atoms with van der Waals surface area (Å²) in [6.45, 7) is 2.00. The normalized spacial score (nSPS) is 26.9. The minimum absolute atomic E-state index is 0.000882. The van der Waals surface area contributed by atoms with Crippen LogP contribution in [0.15, 0.2) is 24.3 Å². The molecule has 3 N–H and O–H groups in total. The summed E-state index contributed by atoms with van der Waals surface area (Å²) in [4.78, 5) is 12.5. The second-order valence-electron chi connectivity index (χ2n) is 6.79. The Morgan fingerprint density at radius 2 is 2.04 bits per heavy atom. The maximum atomic E-state index is 12.5. The quantitative estimate of drug-likeness (QED) is 0.888. The molecule has 0 bridgehead atoms. The molecule has 2 atom stereocenters. The van der Waals surface area contributed by atoms with Gasteiger partial charge >= 0.3 is 0 Å². The lowest BCUT2D eigenvalue weighted by Gasteiger charge is -2.38. The Bertz CT molecular complexity index is 558. The Kier molecular flexibility index (Phi) is 5.24. The summed E-state index contributed by atoms with van der Waals surface area (Å²) < 4.78 is 5.53. The van der Waals surface area contributed by atoms with Crippen molar-refractivity contribution in [1.82, 2.24) is 5.32 Å². The fraction of sp³-hybridized carbons (Fsp3) is 0.611. The van der Waals surface area contributed by atoms with Crippen molar-refractivity contribution in [3.63, 3.8) is 0 Å². The molecule has 1 amide bonds. The molecule has 2 fully saturated rings. The van der Waals surface area contributed by atoms with Gasteiger partial charge < -0.3 is 15.8 Å². The SMILES string of the molecule is N[C@H]1CCC[C@H]1C(=O)NCC1(c2ccccc2Cl)CCOCC1. The number of amides is 1. The Hall–Kier alpha value is -1.10. The molecule has 5 heteroatoms. The van der Waals surface area contributed by atoms with E-state index in [0.717, 1.165) is 42.7 Å². The van der Waals surface area contributed by atoms with E-state index >= 15 is 0 Å². The van der Waals surface area contributed by atoms with Gasteiger partial charge in [-0.05, 0) is 37.3 Å². The van der Waals surface area contributed by atoms with Crippen LogP contribution in [0.2, 0.25) is 5.02 Å². The molecule has 0 aromatic heterocycles. The smallest absolute Gasteiger partial charge is 0.224 e. The molecule has 23 heavy (non-hydrogen) atoms. The zero-order valence-electron chi connectivity index (χ0n) is 13.4. The maximum Gasteiger partial charge on any atom is 0.224 e. The van der Waals surface area contributed by atoms with Crippen molar-refractivity contribution in [2.24, 2.45) is 11.7 Å². The van der Waals surface area contributed by atoms with Crippen molar-refractivity contribution >= 4 is 17.5 Å².